The van der Waals surface area contributed by atoms with Gasteiger partial charge in [-0.15, -0.1) is 0 Å². The highest BCUT2D eigenvalue weighted by molar-refractivity contribution is 9.10. The monoisotopic (exact) mass is 388 g/mol. The summed E-state index contributed by atoms with van der Waals surface area (Å²) in [6, 6.07) is 5.10. The number of carbonyl (C=O) groups is 2. The maximum atomic E-state index is 12.0. The molecule has 1 aliphatic heterocycles. The minimum atomic E-state index is -0.807. The van der Waals surface area contributed by atoms with Crippen LogP contribution in [0.1, 0.15) is 26.7 Å². The van der Waals surface area contributed by atoms with Crippen LogP contribution in [0.5, 0.6) is 5.75 Å². The van der Waals surface area contributed by atoms with Crippen molar-refractivity contribution in [2.75, 3.05) is 13.2 Å². The molecule has 0 bridgehead atoms. The number of unbranched alkanes of at least 4 members (excludes halogenated alkanes) is 1. The smallest absolute Gasteiger partial charge is 0.325 e. The van der Waals surface area contributed by atoms with Gasteiger partial charge in [0.1, 0.15) is 11.3 Å². The fourth-order valence-electron chi connectivity index (χ4n) is 2.17. The number of rotatable bonds is 6. The predicted molar refractivity (Wildman–Crippen MR) is 88.2 cm³/mol. The van der Waals surface area contributed by atoms with Gasteiger partial charge in [-0.2, -0.15) is 0 Å². The molecule has 1 N–H and O–H groups in total. The number of hydrogen-bond donors (Lipinski definition) is 1. The second kappa shape index (κ2) is 6.87. The van der Waals surface area contributed by atoms with Gasteiger partial charge in [0.15, 0.2) is 0 Å². The highest BCUT2D eigenvalue weighted by Crippen LogP contribution is 2.27. The molecule has 1 aromatic carbocycles. The van der Waals surface area contributed by atoms with E-state index in [9.17, 15) is 9.59 Å². The number of carbonyl (C=O) groups excluding carboxylic acids is 2. The first-order valence-electron chi connectivity index (χ1n) is 7.03. The van der Waals surface area contributed by atoms with Crippen LogP contribution >= 0.6 is 27.5 Å². The van der Waals surface area contributed by atoms with Crippen molar-refractivity contribution in [3.05, 3.63) is 27.7 Å². The summed E-state index contributed by atoms with van der Waals surface area (Å²) in [6.45, 7) is 4.28. The summed E-state index contributed by atoms with van der Waals surface area (Å²) < 4.78 is 6.49. The van der Waals surface area contributed by atoms with Crippen LogP contribution in [-0.2, 0) is 4.79 Å². The van der Waals surface area contributed by atoms with Crippen LogP contribution in [0.3, 0.4) is 0 Å². The minimum Gasteiger partial charge on any atom is -0.492 e. The lowest BCUT2D eigenvalue weighted by molar-refractivity contribution is -0.130. The van der Waals surface area contributed by atoms with E-state index in [-0.39, 0.29) is 11.9 Å². The first-order chi connectivity index (χ1) is 10.3. The number of nitrogens with one attached hydrogen (secondary N) is 1. The minimum absolute atomic E-state index is 0.186. The van der Waals surface area contributed by atoms with Gasteiger partial charge in [-0.25, -0.2) is 4.79 Å². The Kier molecular flexibility index (Phi) is 5.34. The van der Waals surface area contributed by atoms with Crippen molar-refractivity contribution in [3.63, 3.8) is 0 Å². The van der Waals surface area contributed by atoms with Gasteiger partial charge in [0.25, 0.3) is 5.91 Å². The molecule has 3 amide bonds. The van der Waals surface area contributed by atoms with Gasteiger partial charge in [-0.3, -0.25) is 9.69 Å². The van der Waals surface area contributed by atoms with E-state index in [2.05, 4.69) is 21.2 Å². The molecule has 0 spiro atoms. The second-order valence-electron chi connectivity index (χ2n) is 5.64. The van der Waals surface area contributed by atoms with Gasteiger partial charge in [-0.1, -0.05) is 27.5 Å². The molecule has 0 radical (unpaired) electrons. The largest absolute Gasteiger partial charge is 0.492 e. The Morgan fingerprint density at radius 2 is 2.05 bits per heavy atom. The molecule has 2 rings (SSSR count). The number of imide groups is 1. The third-order valence-electron chi connectivity index (χ3n) is 3.37. The Morgan fingerprint density at radius 1 is 1.32 bits per heavy atom. The maximum absolute atomic E-state index is 12.0. The molecule has 0 saturated carbocycles. The summed E-state index contributed by atoms with van der Waals surface area (Å²) in [4.78, 5) is 24.9. The van der Waals surface area contributed by atoms with E-state index in [4.69, 9.17) is 16.3 Å². The molecule has 7 heteroatoms. The summed E-state index contributed by atoms with van der Waals surface area (Å²) in [5, 5.41) is 3.20. The van der Waals surface area contributed by atoms with Crippen molar-refractivity contribution in [2.45, 2.75) is 32.2 Å². The number of hydrogen-bond acceptors (Lipinski definition) is 3. The van der Waals surface area contributed by atoms with Crippen LogP contribution < -0.4 is 10.1 Å². The molecule has 1 aromatic rings. The molecule has 0 atom stereocenters. The van der Waals surface area contributed by atoms with E-state index in [0.717, 1.165) is 10.9 Å². The Hall–Kier alpha value is -1.27. The lowest BCUT2D eigenvalue weighted by Crippen LogP contribution is -2.40. The second-order valence-corrected chi connectivity index (χ2v) is 6.97. The Balaban J connectivity index is 1.74. The molecule has 1 aliphatic rings. The lowest BCUT2D eigenvalue weighted by atomic mass is 10.1. The number of nitrogens with zero attached hydrogens (tertiary/aromatic N) is 1. The summed E-state index contributed by atoms with van der Waals surface area (Å²) in [7, 11) is 0. The van der Waals surface area contributed by atoms with Gasteiger partial charge in [0, 0.05) is 11.0 Å². The molecular weight excluding hydrogens is 372 g/mol. The molecule has 120 valence electrons. The van der Waals surface area contributed by atoms with Crippen molar-refractivity contribution in [3.8, 4) is 5.75 Å². The van der Waals surface area contributed by atoms with E-state index in [0.29, 0.717) is 30.3 Å². The number of halogens is 2. The van der Waals surface area contributed by atoms with Crippen molar-refractivity contribution >= 4 is 39.5 Å². The molecule has 5 nitrogen and oxygen atoms in total. The fourth-order valence-corrected chi connectivity index (χ4v) is 2.90. The van der Waals surface area contributed by atoms with Gasteiger partial charge in [0.05, 0.1) is 11.6 Å². The zero-order valence-corrected chi connectivity index (χ0v) is 14.8. The van der Waals surface area contributed by atoms with E-state index >= 15 is 0 Å². The highest BCUT2D eigenvalue weighted by atomic mass is 79.9. The van der Waals surface area contributed by atoms with Gasteiger partial charge in [0.2, 0.25) is 0 Å². The molecule has 22 heavy (non-hydrogen) atoms. The zero-order chi connectivity index (χ0) is 16.3. The first kappa shape index (κ1) is 17.1. The first-order valence-corrected chi connectivity index (χ1v) is 8.20. The van der Waals surface area contributed by atoms with Crippen LogP contribution in [0.2, 0.25) is 5.02 Å². The van der Waals surface area contributed by atoms with E-state index in [1.165, 1.54) is 4.90 Å². The summed E-state index contributed by atoms with van der Waals surface area (Å²) in [6.07, 6.45) is 1.41. The SMILES string of the molecule is CC1(C)NC(=O)N(CCCCOc2ccc(Br)cc2Cl)C1=O. The van der Waals surface area contributed by atoms with E-state index in [1.54, 1.807) is 26.0 Å². The average molecular weight is 390 g/mol. The molecule has 1 fully saturated rings. The van der Waals surface area contributed by atoms with Crippen molar-refractivity contribution in [1.29, 1.82) is 0 Å². The summed E-state index contributed by atoms with van der Waals surface area (Å²) >= 11 is 9.39. The topological polar surface area (TPSA) is 58.6 Å². The van der Waals surface area contributed by atoms with Gasteiger partial charge < -0.3 is 10.1 Å². The average Bonchev–Trinajstić information content (AvgIpc) is 2.62. The normalized spacial score (nSPS) is 16.8. The van der Waals surface area contributed by atoms with Gasteiger partial charge in [-0.05, 0) is 44.9 Å². The van der Waals surface area contributed by atoms with Crippen LogP contribution in [0.15, 0.2) is 22.7 Å². The summed E-state index contributed by atoms with van der Waals surface area (Å²) in [5.74, 6) is 0.440. The highest BCUT2D eigenvalue weighted by Gasteiger charge is 2.43. The molecule has 0 unspecified atom stereocenters. The number of urea groups is 1. The third-order valence-corrected chi connectivity index (χ3v) is 4.16. The molecule has 0 aliphatic carbocycles. The molecule has 1 saturated heterocycles. The van der Waals surface area contributed by atoms with Crippen LogP contribution in [0.25, 0.3) is 0 Å². The van der Waals surface area contributed by atoms with Crippen LogP contribution in [0, 0.1) is 0 Å². The van der Waals surface area contributed by atoms with Crippen LogP contribution in [-0.4, -0.2) is 35.5 Å². The van der Waals surface area contributed by atoms with Crippen LogP contribution in [0.4, 0.5) is 4.79 Å². The Bertz CT molecular complexity index is 592. The standard InChI is InChI=1S/C15H18BrClN2O3/c1-15(2)13(20)19(14(21)18-15)7-3-4-8-22-12-6-5-10(16)9-11(12)17/h5-6,9H,3-4,7-8H2,1-2H3,(H,18,21). The molecular formula is C15H18BrClN2O3. The third kappa shape index (κ3) is 3.93. The quantitative estimate of drug-likeness (QED) is 0.597. The molecule has 1 heterocycles. The Morgan fingerprint density at radius 3 is 2.64 bits per heavy atom. The number of amides is 3. The van der Waals surface area contributed by atoms with Crippen molar-refractivity contribution < 1.29 is 14.3 Å². The predicted octanol–water partition coefficient (Wildman–Crippen LogP) is 3.59. The summed E-state index contributed by atoms with van der Waals surface area (Å²) in [5.41, 5.74) is -0.807. The number of ether oxygens (including phenoxy) is 1. The zero-order valence-electron chi connectivity index (χ0n) is 12.5. The van der Waals surface area contributed by atoms with Gasteiger partial charge >= 0.3 is 6.03 Å². The maximum Gasteiger partial charge on any atom is 0.325 e. The fraction of sp³-hybridized carbons (Fsp3) is 0.467. The van der Waals surface area contributed by atoms with E-state index < -0.39 is 5.54 Å². The Labute approximate surface area is 143 Å². The van der Waals surface area contributed by atoms with Crippen molar-refractivity contribution in [1.82, 2.24) is 10.2 Å². The van der Waals surface area contributed by atoms with E-state index in [1.807, 2.05) is 6.07 Å². The number of benzene rings is 1. The molecule has 0 aromatic heterocycles. The van der Waals surface area contributed by atoms with Crippen molar-refractivity contribution in [2.24, 2.45) is 0 Å². The lowest BCUT2D eigenvalue weighted by Gasteiger charge is -2.16.